The van der Waals surface area contributed by atoms with Crippen molar-refractivity contribution >= 4 is 39.9 Å². The molecule has 5 heteroatoms. The van der Waals surface area contributed by atoms with Gasteiger partial charge in [0.1, 0.15) is 5.69 Å². The third kappa shape index (κ3) is 3.19. The molecule has 2 N–H and O–H groups in total. The molecule has 0 aliphatic carbocycles. The van der Waals surface area contributed by atoms with Crippen LogP contribution in [0.15, 0.2) is 42.6 Å². The lowest BCUT2D eigenvalue weighted by Gasteiger charge is -2.06. The van der Waals surface area contributed by atoms with Gasteiger partial charge in [-0.05, 0) is 52.9 Å². The van der Waals surface area contributed by atoms with Crippen LogP contribution in [-0.2, 0) is 0 Å². The number of pyridine rings is 1. The molecular formula is C13H12IN3O. The van der Waals surface area contributed by atoms with Gasteiger partial charge in [0.05, 0.1) is 0 Å². The fraction of sp³-hybridized carbons (Fsp3) is 0.0769. The Hall–Kier alpha value is -1.63. The number of benzene rings is 1. The molecule has 2 aromatic rings. The molecule has 0 saturated heterocycles. The van der Waals surface area contributed by atoms with Crippen molar-refractivity contribution in [3.63, 3.8) is 0 Å². The van der Waals surface area contributed by atoms with E-state index in [1.54, 1.807) is 19.3 Å². The molecule has 18 heavy (non-hydrogen) atoms. The van der Waals surface area contributed by atoms with Crippen LogP contribution in [-0.4, -0.2) is 17.9 Å². The van der Waals surface area contributed by atoms with Crippen LogP contribution >= 0.6 is 22.6 Å². The second kappa shape index (κ2) is 5.81. The normalized spacial score (nSPS) is 9.89. The highest BCUT2D eigenvalue weighted by Gasteiger charge is 2.08. The third-order valence-corrected chi connectivity index (χ3v) is 3.03. The molecule has 0 bridgehead atoms. The summed E-state index contributed by atoms with van der Waals surface area (Å²) in [6, 6.07) is 11.1. The summed E-state index contributed by atoms with van der Waals surface area (Å²) < 4.78 is 1.07. The van der Waals surface area contributed by atoms with Gasteiger partial charge in [-0.3, -0.25) is 9.78 Å². The fourth-order valence-electron chi connectivity index (χ4n) is 1.47. The van der Waals surface area contributed by atoms with Gasteiger partial charge in [0.2, 0.25) is 0 Å². The first-order valence-corrected chi connectivity index (χ1v) is 6.47. The highest BCUT2D eigenvalue weighted by molar-refractivity contribution is 14.1. The Morgan fingerprint density at radius 2 is 2.06 bits per heavy atom. The van der Waals surface area contributed by atoms with Gasteiger partial charge in [0, 0.05) is 28.2 Å². The number of aromatic nitrogens is 1. The predicted molar refractivity (Wildman–Crippen MR) is 80.9 cm³/mol. The summed E-state index contributed by atoms with van der Waals surface area (Å²) in [6.07, 6.45) is 1.61. The van der Waals surface area contributed by atoms with E-state index in [9.17, 15) is 4.79 Å². The topological polar surface area (TPSA) is 54.0 Å². The number of nitrogens with one attached hydrogen (secondary N) is 2. The number of halogens is 1. The monoisotopic (exact) mass is 353 g/mol. The van der Waals surface area contributed by atoms with Gasteiger partial charge < -0.3 is 10.6 Å². The van der Waals surface area contributed by atoms with Gasteiger partial charge in [0.25, 0.3) is 5.91 Å². The summed E-state index contributed by atoms with van der Waals surface area (Å²) >= 11 is 2.20. The van der Waals surface area contributed by atoms with E-state index in [-0.39, 0.29) is 5.91 Å². The first kappa shape index (κ1) is 12.8. The zero-order chi connectivity index (χ0) is 13.0. The van der Waals surface area contributed by atoms with Gasteiger partial charge in [0.15, 0.2) is 0 Å². The number of nitrogens with zero attached hydrogens (tertiary/aromatic N) is 1. The average molecular weight is 353 g/mol. The lowest BCUT2D eigenvalue weighted by Crippen LogP contribution is -2.13. The summed E-state index contributed by atoms with van der Waals surface area (Å²) in [5, 5.41) is 5.79. The fourth-order valence-corrected chi connectivity index (χ4v) is 2.01. The van der Waals surface area contributed by atoms with Gasteiger partial charge in [-0.25, -0.2) is 0 Å². The number of hydrogen-bond acceptors (Lipinski definition) is 3. The van der Waals surface area contributed by atoms with E-state index < -0.39 is 0 Å². The Morgan fingerprint density at radius 1 is 1.22 bits per heavy atom. The average Bonchev–Trinajstić information content (AvgIpc) is 2.39. The quantitative estimate of drug-likeness (QED) is 0.835. The molecular weight excluding hydrogens is 341 g/mol. The maximum atomic E-state index is 12.0. The maximum absolute atomic E-state index is 12.0. The summed E-state index contributed by atoms with van der Waals surface area (Å²) in [6.45, 7) is 0. The van der Waals surface area contributed by atoms with E-state index in [0.717, 1.165) is 14.9 Å². The number of rotatable bonds is 3. The molecule has 0 aliphatic heterocycles. The predicted octanol–water partition coefficient (Wildman–Crippen LogP) is 2.98. The Balaban J connectivity index is 2.16. The van der Waals surface area contributed by atoms with E-state index in [2.05, 4.69) is 38.2 Å². The minimum absolute atomic E-state index is 0.214. The maximum Gasteiger partial charge on any atom is 0.274 e. The van der Waals surface area contributed by atoms with Crippen molar-refractivity contribution in [1.29, 1.82) is 0 Å². The van der Waals surface area contributed by atoms with Crippen molar-refractivity contribution in [2.75, 3.05) is 17.7 Å². The number of carbonyl (C=O) groups excluding carboxylic acids is 1. The highest BCUT2D eigenvalue weighted by atomic mass is 127. The number of carbonyl (C=O) groups is 1. The summed E-state index contributed by atoms with van der Waals surface area (Å²) in [4.78, 5) is 16.0. The van der Waals surface area contributed by atoms with Crippen LogP contribution < -0.4 is 10.6 Å². The van der Waals surface area contributed by atoms with Gasteiger partial charge >= 0.3 is 0 Å². The molecule has 0 unspecified atom stereocenters. The van der Waals surface area contributed by atoms with Crippen LogP contribution in [0.3, 0.4) is 0 Å². The van der Waals surface area contributed by atoms with E-state index >= 15 is 0 Å². The molecule has 1 aromatic heterocycles. The Labute approximate surface area is 119 Å². The molecule has 1 heterocycles. The van der Waals surface area contributed by atoms with Crippen LogP contribution in [0.1, 0.15) is 10.5 Å². The van der Waals surface area contributed by atoms with Crippen molar-refractivity contribution < 1.29 is 4.79 Å². The molecule has 0 radical (unpaired) electrons. The second-order valence-electron chi connectivity index (χ2n) is 3.64. The largest absolute Gasteiger partial charge is 0.388 e. The third-order valence-electron chi connectivity index (χ3n) is 2.36. The lowest BCUT2D eigenvalue weighted by molar-refractivity contribution is 0.102. The summed E-state index contributed by atoms with van der Waals surface area (Å²) in [5.74, 6) is -0.214. The molecule has 0 fully saturated rings. The van der Waals surface area contributed by atoms with Gasteiger partial charge in [-0.15, -0.1) is 0 Å². The molecule has 0 aliphatic rings. The van der Waals surface area contributed by atoms with Crippen LogP contribution in [0.4, 0.5) is 11.4 Å². The van der Waals surface area contributed by atoms with Crippen molar-refractivity contribution in [3.05, 3.63) is 51.9 Å². The summed E-state index contributed by atoms with van der Waals surface area (Å²) in [5.41, 5.74) is 2.02. The summed E-state index contributed by atoms with van der Waals surface area (Å²) in [7, 11) is 1.80. The molecule has 1 aromatic carbocycles. The standard InChI is InChI=1S/C13H12IN3O/c1-15-10-5-6-16-12(8-10)13(18)17-11-4-2-3-9(14)7-11/h2-8H,1H3,(H,15,16)(H,17,18). The number of hydrogen-bond donors (Lipinski definition) is 2. The SMILES string of the molecule is CNc1ccnc(C(=O)Nc2cccc(I)c2)c1. The minimum atomic E-state index is -0.214. The van der Waals surface area contributed by atoms with Gasteiger partial charge in [-0.1, -0.05) is 6.07 Å². The second-order valence-corrected chi connectivity index (χ2v) is 4.89. The molecule has 1 amide bonds. The van der Waals surface area contributed by atoms with Crippen LogP contribution in [0.5, 0.6) is 0 Å². The van der Waals surface area contributed by atoms with Crippen LogP contribution in [0.2, 0.25) is 0 Å². The molecule has 4 nitrogen and oxygen atoms in total. The molecule has 0 spiro atoms. The lowest BCUT2D eigenvalue weighted by atomic mass is 10.2. The Kier molecular flexibility index (Phi) is 4.14. The molecule has 92 valence electrons. The first-order valence-electron chi connectivity index (χ1n) is 5.40. The van der Waals surface area contributed by atoms with E-state index in [0.29, 0.717) is 5.69 Å². The molecule has 0 atom stereocenters. The van der Waals surface area contributed by atoms with E-state index in [4.69, 9.17) is 0 Å². The smallest absolute Gasteiger partial charge is 0.274 e. The molecule has 2 rings (SSSR count). The van der Waals surface area contributed by atoms with E-state index in [1.165, 1.54) is 0 Å². The van der Waals surface area contributed by atoms with E-state index in [1.807, 2.05) is 30.3 Å². The zero-order valence-electron chi connectivity index (χ0n) is 9.77. The first-order chi connectivity index (χ1) is 8.69. The van der Waals surface area contributed by atoms with Gasteiger partial charge in [-0.2, -0.15) is 0 Å². The number of anilines is 2. The van der Waals surface area contributed by atoms with Crippen molar-refractivity contribution in [2.24, 2.45) is 0 Å². The van der Waals surface area contributed by atoms with Crippen LogP contribution in [0.25, 0.3) is 0 Å². The number of amides is 1. The minimum Gasteiger partial charge on any atom is -0.388 e. The molecule has 0 saturated carbocycles. The van der Waals surface area contributed by atoms with Crippen molar-refractivity contribution in [3.8, 4) is 0 Å². The highest BCUT2D eigenvalue weighted by Crippen LogP contribution is 2.14. The van der Waals surface area contributed by atoms with Crippen molar-refractivity contribution in [2.45, 2.75) is 0 Å². The van der Waals surface area contributed by atoms with Crippen molar-refractivity contribution in [1.82, 2.24) is 4.98 Å². The van der Waals surface area contributed by atoms with Crippen LogP contribution in [0, 0.1) is 3.57 Å². The zero-order valence-corrected chi connectivity index (χ0v) is 11.9. The Bertz CT molecular complexity index is 572. The Morgan fingerprint density at radius 3 is 2.78 bits per heavy atom.